The molecule has 3 aromatic rings. The van der Waals surface area contributed by atoms with E-state index in [-0.39, 0.29) is 0 Å². The lowest BCUT2D eigenvalue weighted by atomic mass is 10.1. The maximum atomic E-state index is 5.93. The van der Waals surface area contributed by atoms with Crippen LogP contribution in [0, 0.1) is 27.7 Å². The highest BCUT2D eigenvalue weighted by Gasteiger charge is 2.02. The Kier molecular flexibility index (Phi) is 4.57. The molecular weight excluding hydrogens is 296 g/mol. The van der Waals surface area contributed by atoms with Gasteiger partial charge in [0.2, 0.25) is 0 Å². The summed E-state index contributed by atoms with van der Waals surface area (Å²) in [5.41, 5.74) is 4.78. The van der Waals surface area contributed by atoms with Gasteiger partial charge in [0.25, 0.3) is 0 Å². The molecule has 0 aromatic heterocycles. The van der Waals surface area contributed by atoms with Crippen LogP contribution in [0.5, 0.6) is 23.0 Å². The van der Waals surface area contributed by atoms with Crippen LogP contribution in [0.1, 0.15) is 22.3 Å². The minimum atomic E-state index is 0.799. The molecule has 3 rings (SSSR count). The van der Waals surface area contributed by atoms with Crippen molar-refractivity contribution >= 4 is 0 Å². The van der Waals surface area contributed by atoms with Gasteiger partial charge in [-0.05, 0) is 98.5 Å². The lowest BCUT2D eigenvalue weighted by Crippen LogP contribution is -1.89. The van der Waals surface area contributed by atoms with Crippen molar-refractivity contribution in [3.05, 3.63) is 82.9 Å². The van der Waals surface area contributed by atoms with E-state index in [1.54, 1.807) is 0 Å². The van der Waals surface area contributed by atoms with Crippen LogP contribution in [-0.4, -0.2) is 0 Å². The number of ether oxygens (including phenoxy) is 2. The summed E-state index contributed by atoms with van der Waals surface area (Å²) in [6.07, 6.45) is 0. The largest absolute Gasteiger partial charge is 0.457 e. The fourth-order valence-corrected chi connectivity index (χ4v) is 2.83. The Morgan fingerprint density at radius 1 is 0.417 bits per heavy atom. The van der Waals surface area contributed by atoms with E-state index >= 15 is 0 Å². The van der Waals surface area contributed by atoms with Crippen molar-refractivity contribution in [1.29, 1.82) is 0 Å². The van der Waals surface area contributed by atoms with Gasteiger partial charge in [-0.2, -0.15) is 0 Å². The Bertz CT molecular complexity index is 735. The van der Waals surface area contributed by atoms with Gasteiger partial charge in [-0.3, -0.25) is 0 Å². The molecule has 0 amide bonds. The summed E-state index contributed by atoms with van der Waals surface area (Å²) in [7, 11) is 0. The van der Waals surface area contributed by atoms with Crippen molar-refractivity contribution in [3.63, 3.8) is 0 Å². The highest BCUT2D eigenvalue weighted by molar-refractivity contribution is 5.41. The maximum Gasteiger partial charge on any atom is 0.127 e. The van der Waals surface area contributed by atoms with Crippen LogP contribution in [0.3, 0.4) is 0 Å². The Morgan fingerprint density at radius 2 is 0.708 bits per heavy atom. The molecule has 0 aliphatic heterocycles. The number of hydrogen-bond acceptors (Lipinski definition) is 2. The van der Waals surface area contributed by atoms with E-state index in [0.717, 1.165) is 23.0 Å². The molecule has 0 atom stereocenters. The second-order valence-electron chi connectivity index (χ2n) is 6.32. The highest BCUT2D eigenvalue weighted by Crippen LogP contribution is 2.28. The zero-order valence-electron chi connectivity index (χ0n) is 14.6. The molecule has 2 nitrogen and oxygen atoms in total. The van der Waals surface area contributed by atoms with Crippen molar-refractivity contribution in [2.45, 2.75) is 27.7 Å². The molecule has 0 saturated carbocycles. The van der Waals surface area contributed by atoms with Crippen molar-refractivity contribution in [3.8, 4) is 23.0 Å². The molecule has 0 aliphatic rings. The molecule has 24 heavy (non-hydrogen) atoms. The smallest absolute Gasteiger partial charge is 0.127 e. The van der Waals surface area contributed by atoms with E-state index in [4.69, 9.17) is 9.47 Å². The molecule has 0 radical (unpaired) electrons. The van der Waals surface area contributed by atoms with Crippen LogP contribution < -0.4 is 9.47 Å². The zero-order valence-corrected chi connectivity index (χ0v) is 14.6. The average Bonchev–Trinajstić information content (AvgIpc) is 2.47. The first-order valence-electron chi connectivity index (χ1n) is 8.10. The number of rotatable bonds is 4. The van der Waals surface area contributed by atoms with Crippen molar-refractivity contribution in [2.75, 3.05) is 0 Å². The summed E-state index contributed by atoms with van der Waals surface area (Å²) in [6, 6.07) is 20.1. The predicted octanol–water partition coefficient (Wildman–Crippen LogP) is 6.50. The van der Waals surface area contributed by atoms with Crippen molar-refractivity contribution in [1.82, 2.24) is 0 Å². The summed E-state index contributed by atoms with van der Waals surface area (Å²) in [5, 5.41) is 0. The first kappa shape index (κ1) is 16.1. The van der Waals surface area contributed by atoms with Gasteiger partial charge >= 0.3 is 0 Å². The van der Waals surface area contributed by atoms with Crippen molar-refractivity contribution < 1.29 is 9.47 Å². The summed E-state index contributed by atoms with van der Waals surface area (Å²) in [6.45, 7) is 8.28. The third kappa shape index (κ3) is 4.17. The monoisotopic (exact) mass is 318 g/mol. The zero-order chi connectivity index (χ0) is 17.1. The predicted molar refractivity (Wildman–Crippen MR) is 98.4 cm³/mol. The third-order valence-electron chi connectivity index (χ3n) is 3.69. The van der Waals surface area contributed by atoms with Gasteiger partial charge in [0.1, 0.15) is 23.0 Å². The number of benzene rings is 3. The lowest BCUT2D eigenvalue weighted by Gasteiger charge is -2.10. The van der Waals surface area contributed by atoms with Gasteiger partial charge in [-0.25, -0.2) is 0 Å². The van der Waals surface area contributed by atoms with E-state index in [9.17, 15) is 0 Å². The topological polar surface area (TPSA) is 18.5 Å². The summed E-state index contributed by atoms with van der Waals surface area (Å²) in [4.78, 5) is 0. The SMILES string of the molecule is Cc1cc(C)cc(Oc2ccc(Oc3cc(C)cc(C)c3)cc2)c1. The molecule has 0 N–H and O–H groups in total. The van der Waals surface area contributed by atoms with Gasteiger partial charge < -0.3 is 9.47 Å². The maximum absolute atomic E-state index is 5.93. The van der Waals surface area contributed by atoms with Crippen LogP contribution in [-0.2, 0) is 0 Å². The molecule has 0 bridgehead atoms. The van der Waals surface area contributed by atoms with E-state index < -0.39 is 0 Å². The Labute approximate surface area is 143 Å². The standard InChI is InChI=1S/C22H22O2/c1-15-9-16(2)12-21(11-15)23-19-5-7-20(8-6-19)24-22-13-17(3)10-18(4)14-22/h5-14H,1-4H3. The summed E-state index contributed by atoms with van der Waals surface area (Å²) in [5.74, 6) is 3.31. The molecule has 0 heterocycles. The van der Waals surface area contributed by atoms with Gasteiger partial charge in [0.05, 0.1) is 0 Å². The lowest BCUT2D eigenvalue weighted by molar-refractivity contribution is 0.468. The van der Waals surface area contributed by atoms with E-state index in [1.807, 2.05) is 48.5 Å². The fourth-order valence-electron chi connectivity index (χ4n) is 2.83. The minimum Gasteiger partial charge on any atom is -0.457 e. The van der Waals surface area contributed by atoms with Crippen LogP contribution in [0.4, 0.5) is 0 Å². The second-order valence-corrected chi connectivity index (χ2v) is 6.32. The van der Waals surface area contributed by atoms with E-state index in [2.05, 4.69) is 39.8 Å². The summed E-state index contributed by atoms with van der Waals surface area (Å²) < 4.78 is 11.9. The van der Waals surface area contributed by atoms with Gasteiger partial charge in [0.15, 0.2) is 0 Å². The van der Waals surface area contributed by atoms with Crippen LogP contribution in [0.15, 0.2) is 60.7 Å². The first-order valence-corrected chi connectivity index (χ1v) is 8.10. The molecule has 0 unspecified atom stereocenters. The van der Waals surface area contributed by atoms with Crippen molar-refractivity contribution in [2.24, 2.45) is 0 Å². The molecule has 3 aromatic carbocycles. The van der Waals surface area contributed by atoms with Crippen LogP contribution >= 0.6 is 0 Å². The molecule has 2 heteroatoms. The van der Waals surface area contributed by atoms with E-state index in [1.165, 1.54) is 22.3 Å². The highest BCUT2D eigenvalue weighted by atomic mass is 16.5. The quantitative estimate of drug-likeness (QED) is 0.546. The Balaban J connectivity index is 1.73. The summed E-state index contributed by atoms with van der Waals surface area (Å²) >= 11 is 0. The molecule has 122 valence electrons. The van der Waals surface area contributed by atoms with Gasteiger partial charge in [0, 0.05) is 0 Å². The first-order chi connectivity index (χ1) is 11.5. The molecule has 0 spiro atoms. The number of aryl methyl sites for hydroxylation is 4. The van der Waals surface area contributed by atoms with E-state index in [0.29, 0.717) is 0 Å². The van der Waals surface area contributed by atoms with Crippen LogP contribution in [0.25, 0.3) is 0 Å². The Morgan fingerprint density at radius 3 is 1.00 bits per heavy atom. The van der Waals surface area contributed by atoms with Gasteiger partial charge in [-0.1, -0.05) is 12.1 Å². The van der Waals surface area contributed by atoms with Crippen LogP contribution in [0.2, 0.25) is 0 Å². The van der Waals surface area contributed by atoms with Gasteiger partial charge in [-0.15, -0.1) is 0 Å². The fraction of sp³-hybridized carbons (Fsp3) is 0.182. The Hall–Kier alpha value is -2.74. The molecular formula is C22H22O2. The molecule has 0 aliphatic carbocycles. The molecule has 0 saturated heterocycles. The third-order valence-corrected chi connectivity index (χ3v) is 3.69. The second kappa shape index (κ2) is 6.79. The number of hydrogen-bond donors (Lipinski definition) is 0. The normalized spacial score (nSPS) is 10.5. The molecule has 0 fully saturated rings. The average molecular weight is 318 g/mol. The minimum absolute atomic E-state index is 0.799.